The SMILES string of the molecule is Cc1ccc(CC(O)c2ccc(Cl)c(C)c2)c(Cl)c1. The summed E-state index contributed by atoms with van der Waals surface area (Å²) in [5, 5.41) is 11.7. The molecule has 0 fully saturated rings. The number of aliphatic hydroxyl groups is 1. The molecular formula is C16H16Cl2O. The molecule has 0 spiro atoms. The molecular weight excluding hydrogens is 279 g/mol. The molecule has 100 valence electrons. The molecule has 1 N–H and O–H groups in total. The van der Waals surface area contributed by atoms with Crippen LogP contribution in [-0.2, 0) is 6.42 Å². The standard InChI is InChI=1S/C16H16Cl2O/c1-10-3-4-12(15(18)7-10)9-16(19)13-5-6-14(17)11(2)8-13/h3-8,16,19H,9H2,1-2H3. The summed E-state index contributed by atoms with van der Waals surface area (Å²) in [6, 6.07) is 11.4. The van der Waals surface area contributed by atoms with Gasteiger partial charge in [0.2, 0.25) is 0 Å². The molecule has 0 aromatic heterocycles. The molecule has 19 heavy (non-hydrogen) atoms. The lowest BCUT2D eigenvalue weighted by atomic mass is 9.99. The van der Waals surface area contributed by atoms with Crippen LogP contribution in [0.1, 0.15) is 28.4 Å². The van der Waals surface area contributed by atoms with Gasteiger partial charge in [0.15, 0.2) is 0 Å². The monoisotopic (exact) mass is 294 g/mol. The first-order valence-electron chi connectivity index (χ1n) is 6.16. The molecule has 0 aliphatic carbocycles. The Balaban J connectivity index is 2.20. The Kier molecular flexibility index (Phi) is 4.51. The maximum Gasteiger partial charge on any atom is 0.0831 e. The van der Waals surface area contributed by atoms with Gasteiger partial charge < -0.3 is 5.11 Å². The predicted molar refractivity (Wildman–Crippen MR) is 81.0 cm³/mol. The van der Waals surface area contributed by atoms with E-state index in [1.807, 2.05) is 50.2 Å². The number of hydrogen-bond acceptors (Lipinski definition) is 1. The van der Waals surface area contributed by atoms with E-state index in [1.54, 1.807) is 0 Å². The molecule has 0 heterocycles. The van der Waals surface area contributed by atoms with Crippen molar-refractivity contribution < 1.29 is 5.11 Å². The summed E-state index contributed by atoms with van der Waals surface area (Å²) in [6.45, 7) is 3.92. The van der Waals surface area contributed by atoms with Crippen molar-refractivity contribution in [3.63, 3.8) is 0 Å². The Bertz CT molecular complexity index is 593. The van der Waals surface area contributed by atoms with E-state index in [4.69, 9.17) is 23.2 Å². The summed E-state index contributed by atoms with van der Waals surface area (Å²) < 4.78 is 0. The lowest BCUT2D eigenvalue weighted by Crippen LogP contribution is -2.03. The van der Waals surface area contributed by atoms with Crippen molar-refractivity contribution >= 4 is 23.2 Å². The van der Waals surface area contributed by atoms with Crippen LogP contribution < -0.4 is 0 Å². The van der Waals surface area contributed by atoms with Crippen LogP contribution in [0.2, 0.25) is 10.0 Å². The van der Waals surface area contributed by atoms with E-state index in [1.165, 1.54) is 0 Å². The van der Waals surface area contributed by atoms with Crippen molar-refractivity contribution in [2.45, 2.75) is 26.4 Å². The maximum absolute atomic E-state index is 10.3. The lowest BCUT2D eigenvalue weighted by Gasteiger charge is -2.13. The van der Waals surface area contributed by atoms with Gasteiger partial charge in [-0.05, 0) is 48.2 Å². The van der Waals surface area contributed by atoms with Crippen molar-refractivity contribution in [2.24, 2.45) is 0 Å². The molecule has 1 nitrogen and oxygen atoms in total. The van der Waals surface area contributed by atoms with Crippen LogP contribution in [0.4, 0.5) is 0 Å². The fourth-order valence-electron chi connectivity index (χ4n) is 2.02. The van der Waals surface area contributed by atoms with Crippen molar-refractivity contribution in [3.8, 4) is 0 Å². The van der Waals surface area contributed by atoms with E-state index in [0.29, 0.717) is 16.5 Å². The molecule has 0 aliphatic heterocycles. The van der Waals surface area contributed by atoms with E-state index in [2.05, 4.69) is 0 Å². The van der Waals surface area contributed by atoms with E-state index in [0.717, 1.165) is 22.3 Å². The molecule has 2 rings (SSSR count). The number of benzene rings is 2. The van der Waals surface area contributed by atoms with Gasteiger partial charge in [-0.1, -0.05) is 47.5 Å². The van der Waals surface area contributed by atoms with Crippen LogP contribution in [0.25, 0.3) is 0 Å². The summed E-state index contributed by atoms with van der Waals surface area (Å²) in [7, 11) is 0. The largest absolute Gasteiger partial charge is 0.388 e. The van der Waals surface area contributed by atoms with Crippen molar-refractivity contribution in [1.82, 2.24) is 0 Å². The van der Waals surface area contributed by atoms with Gasteiger partial charge in [0.05, 0.1) is 6.10 Å². The zero-order chi connectivity index (χ0) is 14.0. The first-order valence-corrected chi connectivity index (χ1v) is 6.92. The van der Waals surface area contributed by atoms with Crippen molar-refractivity contribution in [2.75, 3.05) is 0 Å². The summed E-state index contributed by atoms with van der Waals surface area (Å²) in [5.41, 5.74) is 3.89. The second-order valence-electron chi connectivity index (χ2n) is 4.82. The minimum absolute atomic E-state index is 0.500. The Morgan fingerprint density at radius 2 is 1.74 bits per heavy atom. The minimum atomic E-state index is -0.573. The highest BCUT2D eigenvalue weighted by Gasteiger charge is 2.12. The topological polar surface area (TPSA) is 20.2 Å². The van der Waals surface area contributed by atoms with E-state index in [9.17, 15) is 5.11 Å². The molecule has 0 aliphatic rings. The molecule has 2 aromatic carbocycles. The molecule has 0 radical (unpaired) electrons. The average Bonchev–Trinajstić information content (AvgIpc) is 2.36. The Morgan fingerprint density at radius 1 is 1.00 bits per heavy atom. The van der Waals surface area contributed by atoms with Crippen LogP contribution in [0.5, 0.6) is 0 Å². The highest BCUT2D eigenvalue weighted by molar-refractivity contribution is 6.31. The Labute approximate surface area is 123 Å². The van der Waals surface area contributed by atoms with Gasteiger partial charge >= 0.3 is 0 Å². The van der Waals surface area contributed by atoms with Crippen LogP contribution in [-0.4, -0.2) is 5.11 Å². The van der Waals surface area contributed by atoms with Crippen molar-refractivity contribution in [1.29, 1.82) is 0 Å². The van der Waals surface area contributed by atoms with Crippen molar-refractivity contribution in [3.05, 3.63) is 68.7 Å². The number of hydrogen-bond donors (Lipinski definition) is 1. The second kappa shape index (κ2) is 5.96. The Morgan fingerprint density at radius 3 is 2.37 bits per heavy atom. The number of aliphatic hydroxyl groups excluding tert-OH is 1. The third kappa shape index (κ3) is 3.50. The van der Waals surface area contributed by atoms with Gasteiger partial charge in [0.25, 0.3) is 0 Å². The molecule has 1 atom stereocenters. The van der Waals surface area contributed by atoms with Gasteiger partial charge in [-0.3, -0.25) is 0 Å². The predicted octanol–water partition coefficient (Wildman–Crippen LogP) is 4.89. The molecule has 1 unspecified atom stereocenters. The number of halogens is 2. The molecule has 3 heteroatoms. The molecule has 0 saturated heterocycles. The number of aryl methyl sites for hydroxylation is 2. The summed E-state index contributed by atoms with van der Waals surface area (Å²) >= 11 is 12.2. The van der Waals surface area contributed by atoms with Gasteiger partial charge in [-0.25, -0.2) is 0 Å². The smallest absolute Gasteiger partial charge is 0.0831 e. The van der Waals surface area contributed by atoms with Gasteiger partial charge in [0.1, 0.15) is 0 Å². The van der Waals surface area contributed by atoms with Crippen LogP contribution in [0, 0.1) is 13.8 Å². The molecule has 2 aromatic rings. The summed E-state index contributed by atoms with van der Waals surface area (Å²) in [4.78, 5) is 0. The zero-order valence-corrected chi connectivity index (χ0v) is 12.5. The highest BCUT2D eigenvalue weighted by Crippen LogP contribution is 2.26. The van der Waals surface area contributed by atoms with Gasteiger partial charge in [-0.15, -0.1) is 0 Å². The molecule has 0 amide bonds. The van der Waals surface area contributed by atoms with Crippen LogP contribution in [0.15, 0.2) is 36.4 Å². The lowest BCUT2D eigenvalue weighted by molar-refractivity contribution is 0.178. The van der Waals surface area contributed by atoms with E-state index < -0.39 is 6.10 Å². The third-order valence-corrected chi connectivity index (χ3v) is 3.96. The van der Waals surface area contributed by atoms with Gasteiger partial charge in [-0.2, -0.15) is 0 Å². The normalized spacial score (nSPS) is 12.5. The first kappa shape index (κ1) is 14.4. The highest BCUT2D eigenvalue weighted by atomic mass is 35.5. The molecule has 0 bridgehead atoms. The fraction of sp³-hybridized carbons (Fsp3) is 0.250. The quantitative estimate of drug-likeness (QED) is 0.855. The zero-order valence-electron chi connectivity index (χ0n) is 11.0. The Hall–Kier alpha value is -1.02. The second-order valence-corrected chi connectivity index (χ2v) is 5.64. The van der Waals surface area contributed by atoms with E-state index in [-0.39, 0.29) is 0 Å². The fourth-order valence-corrected chi connectivity index (χ4v) is 2.45. The van der Waals surface area contributed by atoms with E-state index >= 15 is 0 Å². The number of rotatable bonds is 3. The minimum Gasteiger partial charge on any atom is -0.388 e. The summed E-state index contributed by atoms with van der Waals surface area (Å²) in [6.07, 6.45) is -0.0728. The van der Waals surface area contributed by atoms with Gasteiger partial charge in [0, 0.05) is 16.5 Å². The third-order valence-electron chi connectivity index (χ3n) is 3.19. The maximum atomic E-state index is 10.3. The first-order chi connectivity index (χ1) is 8.97. The van der Waals surface area contributed by atoms with Crippen LogP contribution >= 0.6 is 23.2 Å². The summed E-state index contributed by atoms with van der Waals surface area (Å²) in [5.74, 6) is 0. The molecule has 0 saturated carbocycles. The average molecular weight is 295 g/mol. The van der Waals surface area contributed by atoms with Crippen LogP contribution in [0.3, 0.4) is 0 Å².